The van der Waals surface area contributed by atoms with Gasteiger partial charge in [-0.3, -0.25) is 9.69 Å². The number of aliphatic hydroxyl groups excluding tert-OH is 1. The maximum atomic E-state index is 13.0. The van der Waals surface area contributed by atoms with Crippen LogP contribution < -0.4 is 16.8 Å². The van der Waals surface area contributed by atoms with Gasteiger partial charge in [-0.1, -0.05) is 0 Å². The summed E-state index contributed by atoms with van der Waals surface area (Å²) in [6.45, 7) is 3.58. The van der Waals surface area contributed by atoms with Gasteiger partial charge in [0.2, 0.25) is 5.91 Å². The van der Waals surface area contributed by atoms with Crippen LogP contribution in [-0.2, 0) is 15.7 Å². The molecule has 4 fully saturated rings. The molecular weight excluding hydrogens is 527 g/mol. The Balaban J connectivity index is 1.20. The van der Waals surface area contributed by atoms with Crippen LogP contribution in [-0.4, -0.2) is 84.0 Å². The average molecular weight is 566 g/mol. The van der Waals surface area contributed by atoms with Gasteiger partial charge in [0, 0.05) is 48.1 Å². The molecule has 4 aliphatic rings. The molecule has 3 heterocycles. The Labute approximate surface area is 231 Å². The lowest BCUT2D eigenvalue weighted by Crippen LogP contribution is -2.53. The summed E-state index contributed by atoms with van der Waals surface area (Å²) in [6.07, 6.45) is 0.610. The number of hydrogen-bond acceptors (Lipinski definition) is 8. The second-order valence-corrected chi connectivity index (χ2v) is 11.7. The quantitative estimate of drug-likeness (QED) is 0.366. The Morgan fingerprint density at radius 1 is 1.12 bits per heavy atom. The van der Waals surface area contributed by atoms with Gasteiger partial charge in [0.15, 0.2) is 0 Å². The van der Waals surface area contributed by atoms with Crippen molar-refractivity contribution in [2.24, 2.45) is 16.9 Å². The number of alkyl halides is 3. The first-order valence-electron chi connectivity index (χ1n) is 13.8. The first-order valence-corrected chi connectivity index (χ1v) is 13.8. The molecule has 0 bridgehead atoms. The number of piperidine rings is 2. The van der Waals surface area contributed by atoms with Crippen LogP contribution in [0.15, 0.2) is 35.2 Å². The van der Waals surface area contributed by atoms with Crippen molar-refractivity contribution in [3.05, 3.63) is 46.3 Å². The first kappa shape index (κ1) is 28.6. The number of likely N-dealkylation sites (tertiary alicyclic amines) is 2. The fraction of sp³-hybridized carbons (Fsp3) is 0.607. The maximum Gasteiger partial charge on any atom is 0.416 e. The molecule has 220 valence electrons. The van der Waals surface area contributed by atoms with Gasteiger partial charge in [-0.05, 0) is 68.7 Å². The van der Waals surface area contributed by atoms with E-state index in [1.165, 1.54) is 0 Å². The molecule has 3 aliphatic heterocycles. The minimum absolute atomic E-state index is 0.00214. The minimum atomic E-state index is -4.58. The van der Waals surface area contributed by atoms with Crippen LogP contribution in [0, 0.1) is 5.41 Å². The van der Waals surface area contributed by atoms with Crippen LogP contribution >= 0.6 is 0 Å². The SMILES string of the molecule is N/C(NC1CCCN(CC(=O)N2CCC3(CC2)CC(O)C3)C1)=C1/COC/C1=C(/N)c1ccc(C(F)(F)F)cc1O. The Morgan fingerprint density at radius 2 is 1.82 bits per heavy atom. The number of nitrogens with zero attached hydrogens (tertiary/aromatic N) is 2. The van der Waals surface area contributed by atoms with Crippen molar-refractivity contribution in [3.8, 4) is 5.75 Å². The fourth-order valence-electron chi connectivity index (χ4n) is 6.50. The average Bonchev–Trinajstić information content (AvgIpc) is 3.38. The monoisotopic (exact) mass is 565 g/mol. The van der Waals surface area contributed by atoms with Gasteiger partial charge in [0.1, 0.15) is 11.6 Å². The summed E-state index contributed by atoms with van der Waals surface area (Å²) < 4.78 is 44.6. The van der Waals surface area contributed by atoms with Gasteiger partial charge in [-0.15, -0.1) is 0 Å². The number of amides is 1. The molecule has 5 rings (SSSR count). The van der Waals surface area contributed by atoms with E-state index in [2.05, 4.69) is 10.2 Å². The lowest BCUT2D eigenvalue weighted by molar-refractivity contribution is -0.139. The summed E-state index contributed by atoms with van der Waals surface area (Å²) in [5, 5.41) is 23.3. The molecule has 0 radical (unpaired) electrons. The summed E-state index contributed by atoms with van der Waals surface area (Å²) in [5.74, 6) is -0.0800. The third kappa shape index (κ3) is 6.03. The summed E-state index contributed by atoms with van der Waals surface area (Å²) >= 11 is 0. The fourth-order valence-corrected chi connectivity index (χ4v) is 6.50. The van der Waals surface area contributed by atoms with Crippen molar-refractivity contribution in [2.75, 3.05) is 45.9 Å². The zero-order chi connectivity index (χ0) is 28.7. The molecule has 7 N–H and O–H groups in total. The van der Waals surface area contributed by atoms with Crippen LogP contribution in [0.2, 0.25) is 0 Å². The Bertz CT molecular complexity index is 1180. The van der Waals surface area contributed by atoms with E-state index >= 15 is 0 Å². The predicted molar refractivity (Wildman–Crippen MR) is 142 cm³/mol. The van der Waals surface area contributed by atoms with E-state index in [1.807, 2.05) is 4.90 Å². The Kier molecular flexibility index (Phi) is 7.95. The van der Waals surface area contributed by atoms with E-state index in [0.717, 1.165) is 70.3 Å². The van der Waals surface area contributed by atoms with E-state index in [4.69, 9.17) is 16.2 Å². The Hall–Kier alpha value is -2.96. The number of nitrogens with two attached hydrogens (primary N) is 2. The third-order valence-corrected chi connectivity index (χ3v) is 8.86. The molecule has 1 atom stereocenters. The van der Waals surface area contributed by atoms with Crippen molar-refractivity contribution in [2.45, 2.75) is 56.8 Å². The summed E-state index contributed by atoms with van der Waals surface area (Å²) in [6, 6.07) is 2.67. The number of phenolic OH excluding ortho intramolecular Hbond substituents is 1. The molecule has 40 heavy (non-hydrogen) atoms. The number of aromatic hydroxyl groups is 1. The topological polar surface area (TPSA) is 137 Å². The molecule has 1 aromatic carbocycles. The van der Waals surface area contributed by atoms with Crippen LogP contribution in [0.4, 0.5) is 13.2 Å². The number of hydrogen-bond donors (Lipinski definition) is 5. The lowest BCUT2D eigenvalue weighted by Gasteiger charge is -2.50. The van der Waals surface area contributed by atoms with Gasteiger partial charge in [-0.2, -0.15) is 13.2 Å². The largest absolute Gasteiger partial charge is 0.507 e. The molecule has 0 aromatic heterocycles. The summed E-state index contributed by atoms with van der Waals surface area (Å²) in [7, 11) is 0. The maximum absolute atomic E-state index is 13.0. The van der Waals surface area contributed by atoms with E-state index in [0.29, 0.717) is 36.1 Å². The molecule has 1 aliphatic carbocycles. The second kappa shape index (κ2) is 11.1. The smallest absolute Gasteiger partial charge is 0.416 e. The number of rotatable bonds is 5. The predicted octanol–water partition coefficient (Wildman–Crippen LogP) is 2.10. The van der Waals surface area contributed by atoms with Crippen LogP contribution in [0.1, 0.15) is 49.7 Å². The van der Waals surface area contributed by atoms with Crippen molar-refractivity contribution >= 4 is 11.6 Å². The third-order valence-electron chi connectivity index (χ3n) is 8.86. The Morgan fingerprint density at radius 3 is 2.48 bits per heavy atom. The summed E-state index contributed by atoms with van der Waals surface area (Å²) in [5.41, 5.74) is 13.3. The van der Waals surface area contributed by atoms with Crippen molar-refractivity contribution in [3.63, 3.8) is 0 Å². The number of carbonyl (C=O) groups is 1. The van der Waals surface area contributed by atoms with Gasteiger partial charge in [-0.25, -0.2) is 0 Å². The zero-order valence-corrected chi connectivity index (χ0v) is 22.5. The van der Waals surface area contributed by atoms with E-state index in [1.54, 1.807) is 0 Å². The number of ether oxygens (including phenoxy) is 1. The lowest BCUT2D eigenvalue weighted by atomic mass is 9.61. The molecular formula is C28H38F3N5O4. The second-order valence-electron chi connectivity index (χ2n) is 11.7. The van der Waals surface area contributed by atoms with Crippen LogP contribution in [0.5, 0.6) is 5.75 Å². The van der Waals surface area contributed by atoms with Crippen molar-refractivity contribution in [1.29, 1.82) is 0 Å². The molecule has 1 spiro atoms. The molecule has 1 amide bonds. The van der Waals surface area contributed by atoms with Gasteiger partial charge < -0.3 is 36.6 Å². The highest BCUT2D eigenvalue weighted by Gasteiger charge is 2.45. The van der Waals surface area contributed by atoms with Crippen molar-refractivity contribution in [1.82, 2.24) is 15.1 Å². The normalized spacial score (nSPS) is 26.5. The highest BCUT2D eigenvalue weighted by Crippen LogP contribution is 2.49. The molecule has 3 saturated heterocycles. The minimum Gasteiger partial charge on any atom is -0.507 e. The molecule has 1 aromatic rings. The molecule has 12 heteroatoms. The van der Waals surface area contributed by atoms with Gasteiger partial charge in [0.25, 0.3) is 0 Å². The summed E-state index contributed by atoms with van der Waals surface area (Å²) in [4.78, 5) is 17.1. The van der Waals surface area contributed by atoms with E-state index < -0.39 is 17.5 Å². The van der Waals surface area contributed by atoms with E-state index in [9.17, 15) is 28.2 Å². The highest BCUT2D eigenvalue weighted by atomic mass is 19.4. The number of halogens is 3. The van der Waals surface area contributed by atoms with Gasteiger partial charge in [0.05, 0.1) is 31.4 Å². The number of phenols is 1. The number of aliphatic hydroxyl groups is 1. The van der Waals surface area contributed by atoms with Crippen LogP contribution in [0.25, 0.3) is 5.70 Å². The van der Waals surface area contributed by atoms with Gasteiger partial charge >= 0.3 is 6.18 Å². The molecule has 9 nitrogen and oxygen atoms in total. The van der Waals surface area contributed by atoms with Crippen LogP contribution in [0.3, 0.4) is 0 Å². The highest BCUT2D eigenvalue weighted by molar-refractivity contribution is 5.78. The zero-order valence-electron chi connectivity index (χ0n) is 22.5. The van der Waals surface area contributed by atoms with E-state index in [-0.39, 0.29) is 47.9 Å². The molecule has 1 saturated carbocycles. The first-order chi connectivity index (χ1) is 18.9. The van der Waals surface area contributed by atoms with Crippen molar-refractivity contribution < 1.29 is 32.9 Å². The number of benzene rings is 1. The number of nitrogens with one attached hydrogen (secondary N) is 1. The number of carbonyl (C=O) groups excluding carboxylic acids is 1. The molecule has 1 unspecified atom stereocenters. The standard InChI is InChI=1S/C28H38F3N5O4/c29-28(30,31)17-3-4-20(23(38)10-17)25(32)21-15-40-16-22(21)26(33)34-18-2-1-7-35(13-18)14-24(39)36-8-5-27(6-9-36)11-19(37)12-27/h3-4,10,18-19,34,37-38H,1-2,5-9,11-16,32-33H2/b25-21-,26-22+.